The van der Waals surface area contributed by atoms with Crippen molar-refractivity contribution in [1.29, 1.82) is 0 Å². The molecule has 0 atom stereocenters. The standard InChI is InChI=1S/C23H26N4O2S/c1-17(2)18-8-10-20(11-9-18)27-15-13-25-23(27)30-16-22(29)26(14-12-21(24)28)19-6-4-3-5-7-19/h3-11,13,15,17H,12,14,16H2,1-2H3,(H2,24,28). The zero-order valence-corrected chi connectivity index (χ0v) is 18.0. The lowest BCUT2D eigenvalue weighted by Crippen LogP contribution is -2.35. The highest BCUT2D eigenvalue weighted by Crippen LogP contribution is 2.24. The number of para-hydroxylation sites is 1. The van der Waals surface area contributed by atoms with Crippen LogP contribution in [0, 0.1) is 0 Å². The third kappa shape index (κ3) is 5.51. The molecule has 2 N–H and O–H groups in total. The molecule has 0 saturated carbocycles. The van der Waals surface area contributed by atoms with Crippen molar-refractivity contribution >= 4 is 29.3 Å². The molecular weight excluding hydrogens is 396 g/mol. The largest absolute Gasteiger partial charge is 0.370 e. The maximum Gasteiger partial charge on any atom is 0.237 e. The van der Waals surface area contributed by atoms with Crippen molar-refractivity contribution in [2.24, 2.45) is 5.73 Å². The van der Waals surface area contributed by atoms with Gasteiger partial charge in [-0.25, -0.2) is 4.98 Å². The van der Waals surface area contributed by atoms with Gasteiger partial charge in [0.2, 0.25) is 11.8 Å². The number of hydrogen-bond donors (Lipinski definition) is 1. The van der Waals surface area contributed by atoms with E-state index in [0.717, 1.165) is 16.5 Å². The van der Waals surface area contributed by atoms with Gasteiger partial charge in [0.05, 0.1) is 5.75 Å². The van der Waals surface area contributed by atoms with Gasteiger partial charge in [0.25, 0.3) is 0 Å². The lowest BCUT2D eigenvalue weighted by atomic mass is 10.0. The summed E-state index contributed by atoms with van der Waals surface area (Å²) in [6, 6.07) is 17.7. The number of anilines is 1. The number of thioether (sulfide) groups is 1. The third-order valence-corrected chi connectivity index (χ3v) is 5.67. The van der Waals surface area contributed by atoms with Crippen molar-refractivity contribution in [3.8, 4) is 5.69 Å². The molecule has 0 fully saturated rings. The first-order valence-corrected chi connectivity index (χ1v) is 10.8. The lowest BCUT2D eigenvalue weighted by molar-refractivity contribution is -0.118. The number of imidazole rings is 1. The Morgan fingerprint density at radius 1 is 1.10 bits per heavy atom. The number of carbonyl (C=O) groups excluding carboxylic acids is 2. The number of benzene rings is 2. The minimum absolute atomic E-state index is 0.0999. The quantitative estimate of drug-likeness (QED) is 0.529. The van der Waals surface area contributed by atoms with Gasteiger partial charge in [-0.15, -0.1) is 0 Å². The Balaban J connectivity index is 1.72. The monoisotopic (exact) mass is 422 g/mol. The zero-order valence-electron chi connectivity index (χ0n) is 17.2. The van der Waals surface area contributed by atoms with E-state index in [1.807, 2.05) is 41.1 Å². The molecule has 0 bridgehead atoms. The highest BCUT2D eigenvalue weighted by atomic mass is 32.2. The fraction of sp³-hybridized carbons (Fsp3) is 0.261. The number of primary amides is 1. The summed E-state index contributed by atoms with van der Waals surface area (Å²) in [7, 11) is 0. The van der Waals surface area contributed by atoms with Crippen LogP contribution >= 0.6 is 11.8 Å². The highest BCUT2D eigenvalue weighted by molar-refractivity contribution is 7.99. The van der Waals surface area contributed by atoms with E-state index in [9.17, 15) is 9.59 Å². The fourth-order valence-corrected chi connectivity index (χ4v) is 3.89. The maximum absolute atomic E-state index is 12.9. The Labute approximate surface area is 181 Å². The second-order valence-electron chi connectivity index (χ2n) is 7.21. The van der Waals surface area contributed by atoms with E-state index >= 15 is 0 Å². The van der Waals surface area contributed by atoms with E-state index in [0.29, 0.717) is 5.92 Å². The van der Waals surface area contributed by atoms with E-state index in [2.05, 4.69) is 43.1 Å². The minimum Gasteiger partial charge on any atom is -0.370 e. The van der Waals surface area contributed by atoms with Crippen LogP contribution in [0.25, 0.3) is 5.69 Å². The molecule has 2 amide bonds. The van der Waals surface area contributed by atoms with Gasteiger partial charge in [-0.3, -0.25) is 14.2 Å². The summed E-state index contributed by atoms with van der Waals surface area (Å²) in [6.45, 7) is 4.58. The number of amides is 2. The first kappa shape index (κ1) is 21.6. The highest BCUT2D eigenvalue weighted by Gasteiger charge is 2.18. The number of hydrogen-bond acceptors (Lipinski definition) is 4. The molecule has 0 saturated heterocycles. The Morgan fingerprint density at radius 2 is 1.80 bits per heavy atom. The molecule has 2 aromatic carbocycles. The van der Waals surface area contributed by atoms with Crippen LogP contribution in [0.5, 0.6) is 0 Å². The second-order valence-corrected chi connectivity index (χ2v) is 8.15. The molecule has 30 heavy (non-hydrogen) atoms. The van der Waals surface area contributed by atoms with Crippen molar-refractivity contribution in [2.75, 3.05) is 17.2 Å². The Hall–Kier alpha value is -3.06. The van der Waals surface area contributed by atoms with Crippen molar-refractivity contribution in [3.05, 3.63) is 72.6 Å². The molecule has 3 rings (SSSR count). The van der Waals surface area contributed by atoms with Crippen LogP contribution in [-0.2, 0) is 9.59 Å². The molecule has 0 aliphatic carbocycles. The van der Waals surface area contributed by atoms with Gasteiger partial charge < -0.3 is 10.6 Å². The summed E-state index contributed by atoms with van der Waals surface area (Å²) in [5.74, 6) is 0.140. The predicted octanol–water partition coefficient (Wildman–Crippen LogP) is 4.00. The smallest absolute Gasteiger partial charge is 0.237 e. The summed E-state index contributed by atoms with van der Waals surface area (Å²) in [5.41, 5.74) is 8.31. The summed E-state index contributed by atoms with van der Waals surface area (Å²) >= 11 is 1.37. The van der Waals surface area contributed by atoms with Gasteiger partial charge in [-0.05, 0) is 35.7 Å². The van der Waals surface area contributed by atoms with Crippen molar-refractivity contribution < 1.29 is 9.59 Å². The predicted molar refractivity (Wildman–Crippen MR) is 121 cm³/mol. The van der Waals surface area contributed by atoms with Gasteiger partial charge in [-0.2, -0.15) is 0 Å². The zero-order chi connectivity index (χ0) is 21.5. The number of nitrogens with zero attached hydrogens (tertiary/aromatic N) is 3. The molecule has 0 aliphatic heterocycles. The Kier molecular flexibility index (Phi) is 7.30. The summed E-state index contributed by atoms with van der Waals surface area (Å²) in [4.78, 5) is 30.2. The molecule has 0 unspecified atom stereocenters. The average molecular weight is 423 g/mol. The lowest BCUT2D eigenvalue weighted by Gasteiger charge is -2.22. The number of nitrogens with two attached hydrogens (primary N) is 1. The van der Waals surface area contributed by atoms with Crippen molar-refractivity contribution in [3.63, 3.8) is 0 Å². The normalized spacial score (nSPS) is 10.9. The van der Waals surface area contributed by atoms with Crippen LogP contribution in [0.3, 0.4) is 0 Å². The van der Waals surface area contributed by atoms with Crippen molar-refractivity contribution in [1.82, 2.24) is 9.55 Å². The van der Waals surface area contributed by atoms with E-state index in [4.69, 9.17) is 5.73 Å². The van der Waals surface area contributed by atoms with E-state index < -0.39 is 5.91 Å². The molecule has 6 nitrogen and oxygen atoms in total. The summed E-state index contributed by atoms with van der Waals surface area (Å²) < 4.78 is 1.97. The molecule has 0 aliphatic rings. The molecule has 0 spiro atoms. The van der Waals surface area contributed by atoms with Gasteiger partial charge in [0.1, 0.15) is 0 Å². The summed E-state index contributed by atoms with van der Waals surface area (Å²) in [5, 5.41) is 0.739. The Morgan fingerprint density at radius 3 is 2.43 bits per heavy atom. The number of carbonyl (C=O) groups is 2. The van der Waals surface area contributed by atoms with Crippen LogP contribution in [0.15, 0.2) is 72.1 Å². The molecule has 1 aromatic heterocycles. The van der Waals surface area contributed by atoms with Crippen LogP contribution < -0.4 is 10.6 Å². The first-order valence-electron chi connectivity index (χ1n) is 9.86. The minimum atomic E-state index is -0.434. The maximum atomic E-state index is 12.9. The topological polar surface area (TPSA) is 81.2 Å². The molecule has 7 heteroatoms. The first-order chi connectivity index (χ1) is 14.5. The van der Waals surface area contributed by atoms with Crippen LogP contribution in [0.4, 0.5) is 5.69 Å². The van der Waals surface area contributed by atoms with Gasteiger partial charge in [0.15, 0.2) is 5.16 Å². The van der Waals surface area contributed by atoms with Crippen LogP contribution in [-0.4, -0.2) is 33.7 Å². The molecule has 0 radical (unpaired) electrons. The molecule has 3 aromatic rings. The van der Waals surface area contributed by atoms with E-state index in [-0.39, 0.29) is 24.6 Å². The second kappa shape index (κ2) is 10.1. The Bertz CT molecular complexity index is 984. The number of aromatic nitrogens is 2. The molecule has 156 valence electrons. The summed E-state index contributed by atoms with van der Waals surface area (Å²) in [6.07, 6.45) is 3.73. The van der Waals surface area contributed by atoms with Gasteiger partial charge in [-0.1, -0.05) is 55.9 Å². The van der Waals surface area contributed by atoms with Crippen LogP contribution in [0.2, 0.25) is 0 Å². The van der Waals surface area contributed by atoms with Crippen LogP contribution in [0.1, 0.15) is 31.7 Å². The SMILES string of the molecule is CC(C)c1ccc(-n2ccnc2SCC(=O)N(CCC(N)=O)c2ccccc2)cc1. The fourth-order valence-electron chi connectivity index (χ4n) is 3.04. The third-order valence-electron chi connectivity index (χ3n) is 4.72. The van der Waals surface area contributed by atoms with Gasteiger partial charge in [0, 0.05) is 36.7 Å². The van der Waals surface area contributed by atoms with E-state index in [1.165, 1.54) is 17.3 Å². The molecular formula is C23H26N4O2S. The number of rotatable bonds is 9. The average Bonchev–Trinajstić information content (AvgIpc) is 3.21. The van der Waals surface area contributed by atoms with Gasteiger partial charge >= 0.3 is 0 Å². The van der Waals surface area contributed by atoms with E-state index in [1.54, 1.807) is 11.1 Å². The van der Waals surface area contributed by atoms with Crippen molar-refractivity contribution in [2.45, 2.75) is 31.3 Å². The molecule has 1 heterocycles.